The van der Waals surface area contributed by atoms with E-state index < -0.39 is 16.6 Å². The van der Waals surface area contributed by atoms with Gasteiger partial charge in [0.2, 0.25) is 5.78 Å². The Morgan fingerprint density at radius 2 is 1.95 bits per heavy atom. The second-order valence-corrected chi connectivity index (χ2v) is 4.47. The van der Waals surface area contributed by atoms with E-state index >= 15 is 0 Å². The van der Waals surface area contributed by atoms with Crippen LogP contribution in [0.25, 0.3) is 11.0 Å². The third kappa shape index (κ3) is 2.10. The van der Waals surface area contributed by atoms with Crippen molar-refractivity contribution >= 4 is 22.6 Å². The topological polar surface area (TPSA) is 86.5 Å². The molecule has 106 valence electrons. The maximum atomic E-state index is 12.6. The molecule has 0 fully saturated rings. The number of rotatable bonds is 4. The van der Waals surface area contributed by atoms with Gasteiger partial charge in [-0.2, -0.15) is 0 Å². The summed E-state index contributed by atoms with van der Waals surface area (Å²) in [4.78, 5) is 22.5. The Hall–Kier alpha value is -2.89. The maximum absolute atomic E-state index is 12.6. The number of hydrogen-bond donors (Lipinski definition) is 0. The Morgan fingerprint density at radius 3 is 2.62 bits per heavy atom. The molecule has 2 aromatic heterocycles. The molecule has 0 saturated carbocycles. The van der Waals surface area contributed by atoms with Crippen LogP contribution in [0.15, 0.2) is 45.2 Å². The van der Waals surface area contributed by atoms with E-state index in [0.717, 1.165) is 0 Å². The van der Waals surface area contributed by atoms with Crippen LogP contribution in [-0.2, 0) is 6.42 Å². The fourth-order valence-electron chi connectivity index (χ4n) is 2.27. The summed E-state index contributed by atoms with van der Waals surface area (Å²) in [5.41, 5.74) is 1.01. The van der Waals surface area contributed by atoms with Gasteiger partial charge in [-0.15, -0.1) is 0 Å². The highest BCUT2D eigenvalue weighted by atomic mass is 16.6. The predicted molar refractivity (Wildman–Crippen MR) is 74.4 cm³/mol. The van der Waals surface area contributed by atoms with Crippen molar-refractivity contribution < 1.29 is 18.6 Å². The molecule has 0 bridgehead atoms. The molecule has 0 saturated heterocycles. The van der Waals surface area contributed by atoms with Crippen LogP contribution >= 0.6 is 0 Å². The fourth-order valence-corrected chi connectivity index (χ4v) is 2.27. The van der Waals surface area contributed by atoms with Crippen molar-refractivity contribution in [2.24, 2.45) is 0 Å². The smallest absolute Gasteiger partial charge is 0.433 e. The van der Waals surface area contributed by atoms with Crippen LogP contribution in [0.2, 0.25) is 0 Å². The Morgan fingerprint density at radius 1 is 1.19 bits per heavy atom. The van der Waals surface area contributed by atoms with Crippen LogP contribution in [-0.4, -0.2) is 10.7 Å². The van der Waals surface area contributed by atoms with E-state index in [1.54, 1.807) is 18.2 Å². The third-order valence-corrected chi connectivity index (χ3v) is 3.21. The summed E-state index contributed by atoms with van der Waals surface area (Å²) >= 11 is 0. The van der Waals surface area contributed by atoms with Gasteiger partial charge in [-0.25, -0.2) is 0 Å². The largest absolute Gasteiger partial charge is 0.460 e. The molecule has 21 heavy (non-hydrogen) atoms. The molecular weight excluding hydrogens is 274 g/mol. The first-order chi connectivity index (χ1) is 10.1. The molecule has 6 heteroatoms. The van der Waals surface area contributed by atoms with Gasteiger partial charge in [0.15, 0.2) is 5.76 Å². The molecular formula is C15H11NO5. The van der Waals surface area contributed by atoms with E-state index in [1.165, 1.54) is 12.1 Å². The Bertz CT molecular complexity index is 843. The number of hydrogen-bond acceptors (Lipinski definition) is 5. The van der Waals surface area contributed by atoms with Crippen molar-refractivity contribution in [1.29, 1.82) is 0 Å². The lowest BCUT2D eigenvalue weighted by atomic mass is 10.0. The van der Waals surface area contributed by atoms with Crippen molar-refractivity contribution in [3.8, 4) is 0 Å². The summed E-state index contributed by atoms with van der Waals surface area (Å²) in [5, 5.41) is 11.3. The van der Waals surface area contributed by atoms with Crippen molar-refractivity contribution in [2.45, 2.75) is 13.3 Å². The molecule has 2 heterocycles. The van der Waals surface area contributed by atoms with Gasteiger partial charge in [-0.05, 0) is 12.1 Å². The maximum Gasteiger partial charge on any atom is 0.433 e. The first kappa shape index (κ1) is 13.1. The number of para-hydroxylation sites is 1. The predicted octanol–water partition coefficient (Wildman–Crippen LogP) is 3.73. The van der Waals surface area contributed by atoms with E-state index in [1.807, 2.05) is 13.0 Å². The van der Waals surface area contributed by atoms with Crippen LogP contribution in [0, 0.1) is 10.1 Å². The highest BCUT2D eigenvalue weighted by Gasteiger charge is 2.25. The van der Waals surface area contributed by atoms with Crippen LogP contribution in [0.1, 0.15) is 28.8 Å². The zero-order valence-electron chi connectivity index (χ0n) is 11.2. The Kier molecular flexibility index (Phi) is 3.06. The summed E-state index contributed by atoms with van der Waals surface area (Å²) in [6.07, 6.45) is 0.540. The van der Waals surface area contributed by atoms with Gasteiger partial charge in [0.25, 0.3) is 0 Å². The summed E-state index contributed by atoms with van der Waals surface area (Å²) in [5.74, 6) is -0.391. The number of fused-ring (bicyclic) bond motifs is 1. The molecule has 0 aliphatic rings. The number of ketones is 1. The molecule has 3 rings (SSSR count). The second-order valence-electron chi connectivity index (χ2n) is 4.47. The van der Waals surface area contributed by atoms with Crippen molar-refractivity contribution in [1.82, 2.24) is 0 Å². The molecule has 6 nitrogen and oxygen atoms in total. The molecule has 0 atom stereocenters. The average Bonchev–Trinajstić information content (AvgIpc) is 3.11. The van der Waals surface area contributed by atoms with Gasteiger partial charge >= 0.3 is 5.88 Å². The molecule has 0 spiro atoms. The van der Waals surface area contributed by atoms with Crippen molar-refractivity contribution in [3.05, 3.63) is 63.6 Å². The molecule has 0 radical (unpaired) electrons. The molecule has 0 amide bonds. The average molecular weight is 285 g/mol. The van der Waals surface area contributed by atoms with Crippen LogP contribution < -0.4 is 0 Å². The van der Waals surface area contributed by atoms with Gasteiger partial charge < -0.3 is 8.83 Å². The number of nitrogens with zero attached hydrogens (tertiary/aromatic N) is 1. The van der Waals surface area contributed by atoms with E-state index in [9.17, 15) is 14.9 Å². The normalized spacial score (nSPS) is 10.9. The third-order valence-electron chi connectivity index (χ3n) is 3.21. The number of benzene rings is 1. The summed E-state index contributed by atoms with van der Waals surface area (Å²) in [7, 11) is 0. The van der Waals surface area contributed by atoms with Gasteiger partial charge in [0.1, 0.15) is 16.3 Å². The van der Waals surface area contributed by atoms with Gasteiger partial charge in [-0.3, -0.25) is 14.9 Å². The van der Waals surface area contributed by atoms with Gasteiger partial charge in [0.05, 0.1) is 11.6 Å². The summed E-state index contributed by atoms with van der Waals surface area (Å²) in [6, 6.07) is 9.65. The van der Waals surface area contributed by atoms with Crippen molar-refractivity contribution in [2.75, 3.05) is 0 Å². The first-order valence-electron chi connectivity index (χ1n) is 6.41. The zero-order valence-corrected chi connectivity index (χ0v) is 11.2. The first-order valence-corrected chi connectivity index (χ1v) is 6.41. The number of furan rings is 2. The van der Waals surface area contributed by atoms with Crippen LogP contribution in [0.4, 0.5) is 5.88 Å². The monoisotopic (exact) mass is 285 g/mol. The minimum Gasteiger partial charge on any atom is -0.460 e. The lowest BCUT2D eigenvalue weighted by Crippen LogP contribution is -2.02. The number of carbonyl (C=O) groups is 1. The SMILES string of the molecule is CCc1oc2ccccc2c1C(=O)c1ccc([N+](=O)[O-])o1. The lowest BCUT2D eigenvalue weighted by Gasteiger charge is -1.97. The molecule has 3 aromatic rings. The van der Waals surface area contributed by atoms with Crippen molar-refractivity contribution in [3.63, 3.8) is 0 Å². The quantitative estimate of drug-likeness (QED) is 0.414. The van der Waals surface area contributed by atoms with Gasteiger partial charge in [0, 0.05) is 11.8 Å². The minimum absolute atomic E-state index is 0.0667. The fraction of sp³-hybridized carbons (Fsp3) is 0.133. The molecule has 0 aliphatic carbocycles. The van der Waals surface area contributed by atoms with E-state index in [-0.39, 0.29) is 5.76 Å². The molecule has 1 aromatic carbocycles. The lowest BCUT2D eigenvalue weighted by molar-refractivity contribution is -0.402. The number of aryl methyl sites for hydroxylation is 1. The Labute approximate surface area is 119 Å². The summed E-state index contributed by atoms with van der Waals surface area (Å²) in [6.45, 7) is 1.87. The molecule has 0 aliphatic heterocycles. The number of carbonyl (C=O) groups excluding carboxylic acids is 1. The molecule has 0 N–H and O–H groups in total. The minimum atomic E-state index is -0.676. The highest BCUT2D eigenvalue weighted by molar-refractivity contribution is 6.15. The molecule has 0 unspecified atom stereocenters. The van der Waals surface area contributed by atoms with E-state index in [2.05, 4.69) is 0 Å². The standard InChI is InChI=1S/C15H11NO5/c1-2-10-14(9-5-3-4-6-11(9)20-10)15(17)12-7-8-13(21-12)16(18)19/h3-8H,2H2,1H3. The van der Waals surface area contributed by atoms with Crippen LogP contribution in [0.5, 0.6) is 0 Å². The summed E-state index contributed by atoms with van der Waals surface area (Å²) < 4.78 is 10.6. The van der Waals surface area contributed by atoms with Gasteiger partial charge in [-0.1, -0.05) is 25.1 Å². The zero-order chi connectivity index (χ0) is 15.0. The highest BCUT2D eigenvalue weighted by Crippen LogP contribution is 2.29. The number of nitro groups is 1. The van der Waals surface area contributed by atoms with E-state index in [4.69, 9.17) is 8.83 Å². The Balaban J connectivity index is 2.14. The second kappa shape index (κ2) is 4.90. The van der Waals surface area contributed by atoms with E-state index in [0.29, 0.717) is 28.7 Å². The van der Waals surface area contributed by atoms with Crippen LogP contribution in [0.3, 0.4) is 0 Å².